The smallest absolute Gasteiger partial charge is 0.0703 e. The third kappa shape index (κ3) is 0.789. The summed E-state index contributed by atoms with van der Waals surface area (Å²) in [5, 5.41) is 0. The van der Waals surface area contributed by atoms with Crippen molar-refractivity contribution in [1.29, 1.82) is 0 Å². The van der Waals surface area contributed by atoms with E-state index < -0.39 is 0 Å². The van der Waals surface area contributed by atoms with Crippen LogP contribution >= 0.6 is 0 Å². The molecule has 58 valence electrons. The third-order valence-corrected chi connectivity index (χ3v) is 3.10. The van der Waals surface area contributed by atoms with E-state index in [1.807, 2.05) is 0 Å². The Balaban J connectivity index is 1.95. The maximum Gasteiger partial charge on any atom is 0.0703 e. The first-order valence-electron chi connectivity index (χ1n) is 4.08. The van der Waals surface area contributed by atoms with Gasteiger partial charge in [0.2, 0.25) is 0 Å². The minimum Gasteiger partial charge on any atom is -0.376 e. The molecule has 10 heavy (non-hydrogen) atoms. The largest absolute Gasteiger partial charge is 0.376 e. The Kier molecular flexibility index (Phi) is 1.29. The summed E-state index contributed by atoms with van der Waals surface area (Å²) >= 11 is 0. The van der Waals surface area contributed by atoms with Crippen LogP contribution in [0.3, 0.4) is 0 Å². The Hall–Kier alpha value is -0.0800. The normalized spacial score (nSPS) is 52.2. The highest BCUT2D eigenvalue weighted by Crippen LogP contribution is 2.58. The molecule has 2 aliphatic rings. The van der Waals surface area contributed by atoms with Crippen LogP contribution in [0.4, 0.5) is 0 Å². The predicted molar refractivity (Wildman–Crippen MR) is 39.6 cm³/mol. The molecule has 1 spiro atoms. The summed E-state index contributed by atoms with van der Waals surface area (Å²) in [6.07, 6.45) is 2.94. The molecule has 2 rings (SSSR count). The van der Waals surface area contributed by atoms with Crippen LogP contribution in [0.15, 0.2) is 0 Å². The van der Waals surface area contributed by atoms with Crippen LogP contribution in [0, 0.1) is 11.3 Å². The van der Waals surface area contributed by atoms with Gasteiger partial charge in [0.05, 0.1) is 12.7 Å². The van der Waals surface area contributed by atoms with Crippen LogP contribution in [0.2, 0.25) is 0 Å². The summed E-state index contributed by atoms with van der Waals surface area (Å²) in [7, 11) is 0. The lowest BCUT2D eigenvalue weighted by molar-refractivity contribution is 0.110. The van der Waals surface area contributed by atoms with Gasteiger partial charge in [-0.2, -0.15) is 0 Å². The maximum atomic E-state index is 5.53. The van der Waals surface area contributed by atoms with Crippen molar-refractivity contribution >= 4 is 0 Å². The summed E-state index contributed by atoms with van der Waals surface area (Å²) in [5.41, 5.74) is 6.08. The van der Waals surface area contributed by atoms with E-state index in [1.54, 1.807) is 0 Å². The lowest BCUT2D eigenvalue weighted by Gasteiger charge is -2.03. The highest BCUT2D eigenvalue weighted by Gasteiger charge is 2.55. The average molecular weight is 141 g/mol. The van der Waals surface area contributed by atoms with E-state index in [0.29, 0.717) is 18.1 Å². The van der Waals surface area contributed by atoms with Gasteiger partial charge < -0.3 is 10.5 Å². The summed E-state index contributed by atoms with van der Waals surface area (Å²) in [4.78, 5) is 0. The molecule has 2 heteroatoms. The monoisotopic (exact) mass is 141 g/mol. The van der Waals surface area contributed by atoms with Gasteiger partial charge in [-0.15, -0.1) is 0 Å². The molecular formula is C8H15NO. The molecule has 3 atom stereocenters. The van der Waals surface area contributed by atoms with Crippen molar-refractivity contribution in [2.75, 3.05) is 13.2 Å². The fourth-order valence-electron chi connectivity index (χ4n) is 2.04. The summed E-state index contributed by atoms with van der Waals surface area (Å²) < 4.78 is 5.53. The van der Waals surface area contributed by atoms with Crippen LogP contribution in [-0.4, -0.2) is 19.3 Å². The van der Waals surface area contributed by atoms with Gasteiger partial charge in [-0.1, -0.05) is 6.92 Å². The van der Waals surface area contributed by atoms with Crippen molar-refractivity contribution in [2.45, 2.75) is 25.9 Å². The first-order chi connectivity index (χ1) is 4.77. The van der Waals surface area contributed by atoms with Crippen molar-refractivity contribution in [3.05, 3.63) is 0 Å². The number of hydrogen-bond donors (Lipinski definition) is 1. The molecule has 2 nitrogen and oxygen atoms in total. The number of nitrogens with two attached hydrogens (primary N) is 1. The number of ether oxygens (including phenoxy) is 1. The van der Waals surface area contributed by atoms with Gasteiger partial charge in [-0.05, 0) is 24.2 Å². The molecule has 1 saturated carbocycles. The molecule has 1 aliphatic carbocycles. The minimum absolute atomic E-state index is 0.366. The molecule has 2 fully saturated rings. The van der Waals surface area contributed by atoms with Crippen LogP contribution in [0.5, 0.6) is 0 Å². The number of hydrogen-bond acceptors (Lipinski definition) is 2. The second kappa shape index (κ2) is 1.95. The van der Waals surface area contributed by atoms with Crippen molar-refractivity contribution in [1.82, 2.24) is 0 Å². The van der Waals surface area contributed by atoms with Crippen molar-refractivity contribution in [3.8, 4) is 0 Å². The van der Waals surface area contributed by atoms with Crippen molar-refractivity contribution in [3.63, 3.8) is 0 Å². The Bertz CT molecular complexity index is 148. The van der Waals surface area contributed by atoms with Crippen LogP contribution < -0.4 is 5.73 Å². The van der Waals surface area contributed by atoms with Gasteiger partial charge in [-0.3, -0.25) is 0 Å². The Morgan fingerprint density at radius 1 is 1.60 bits per heavy atom. The highest BCUT2D eigenvalue weighted by molar-refractivity contribution is 5.04. The van der Waals surface area contributed by atoms with Gasteiger partial charge in [0, 0.05) is 6.54 Å². The molecule has 0 aromatic heterocycles. The van der Waals surface area contributed by atoms with E-state index in [4.69, 9.17) is 10.5 Å². The van der Waals surface area contributed by atoms with Crippen LogP contribution in [-0.2, 0) is 4.74 Å². The lowest BCUT2D eigenvalue weighted by atomic mass is 10.0. The van der Waals surface area contributed by atoms with Gasteiger partial charge in [0.1, 0.15) is 0 Å². The number of rotatable bonds is 1. The summed E-state index contributed by atoms with van der Waals surface area (Å²) in [6.45, 7) is 3.98. The van der Waals surface area contributed by atoms with E-state index in [1.165, 1.54) is 12.8 Å². The molecule has 1 heterocycles. The zero-order valence-electron chi connectivity index (χ0n) is 6.47. The third-order valence-electron chi connectivity index (χ3n) is 3.10. The molecular weight excluding hydrogens is 126 g/mol. The maximum absolute atomic E-state index is 5.53. The first-order valence-corrected chi connectivity index (χ1v) is 4.08. The molecule has 0 bridgehead atoms. The topological polar surface area (TPSA) is 35.2 Å². The first kappa shape index (κ1) is 6.62. The molecule has 1 saturated heterocycles. The second-order valence-corrected chi connectivity index (χ2v) is 3.84. The lowest BCUT2D eigenvalue weighted by Crippen LogP contribution is -2.18. The average Bonchev–Trinajstić information content (AvgIpc) is 2.43. The van der Waals surface area contributed by atoms with Gasteiger partial charge >= 0.3 is 0 Å². The standard InChI is InChI=1S/C8H15NO/c1-6-2-8(6)3-7(4-9)10-5-8/h6-7H,2-5,9H2,1H3. The van der Waals surface area contributed by atoms with Gasteiger partial charge in [-0.25, -0.2) is 0 Å². The molecule has 2 N–H and O–H groups in total. The van der Waals surface area contributed by atoms with Crippen LogP contribution in [0.1, 0.15) is 19.8 Å². The molecule has 0 aromatic carbocycles. The van der Waals surface area contributed by atoms with E-state index in [9.17, 15) is 0 Å². The fraction of sp³-hybridized carbons (Fsp3) is 1.00. The zero-order valence-corrected chi connectivity index (χ0v) is 6.47. The molecule has 1 aliphatic heterocycles. The van der Waals surface area contributed by atoms with Crippen molar-refractivity contribution in [2.24, 2.45) is 17.1 Å². The van der Waals surface area contributed by atoms with E-state index in [-0.39, 0.29) is 0 Å². The van der Waals surface area contributed by atoms with Gasteiger partial charge in [0.15, 0.2) is 0 Å². The second-order valence-electron chi connectivity index (χ2n) is 3.84. The van der Waals surface area contributed by atoms with E-state index in [0.717, 1.165) is 12.5 Å². The highest BCUT2D eigenvalue weighted by atomic mass is 16.5. The van der Waals surface area contributed by atoms with E-state index >= 15 is 0 Å². The molecule has 3 unspecified atom stereocenters. The fourth-order valence-corrected chi connectivity index (χ4v) is 2.04. The van der Waals surface area contributed by atoms with Crippen LogP contribution in [0.25, 0.3) is 0 Å². The quantitative estimate of drug-likeness (QED) is 0.585. The van der Waals surface area contributed by atoms with Crippen molar-refractivity contribution < 1.29 is 4.74 Å². The molecule has 0 radical (unpaired) electrons. The SMILES string of the molecule is CC1CC12COC(CN)C2. The van der Waals surface area contributed by atoms with E-state index in [2.05, 4.69) is 6.92 Å². The zero-order chi connectivity index (χ0) is 7.19. The minimum atomic E-state index is 0.366. The van der Waals surface area contributed by atoms with Gasteiger partial charge in [0.25, 0.3) is 0 Å². The Labute approximate surface area is 61.7 Å². The Morgan fingerprint density at radius 2 is 2.30 bits per heavy atom. The molecule has 0 aromatic rings. The predicted octanol–water partition coefficient (Wildman–Crippen LogP) is 0.760. The summed E-state index contributed by atoms with van der Waals surface area (Å²) in [5.74, 6) is 0.893. The summed E-state index contributed by atoms with van der Waals surface area (Å²) in [6, 6.07) is 0. The Morgan fingerprint density at radius 3 is 2.60 bits per heavy atom. The molecule has 0 amide bonds.